The second-order valence-corrected chi connectivity index (χ2v) is 5.41. The van der Waals surface area contributed by atoms with Gasteiger partial charge in [0.25, 0.3) is 5.91 Å². The molecule has 0 spiro atoms. The van der Waals surface area contributed by atoms with Gasteiger partial charge in [0.2, 0.25) is 5.91 Å². The minimum absolute atomic E-state index is 0.0796. The van der Waals surface area contributed by atoms with E-state index in [4.69, 9.17) is 4.55 Å². The van der Waals surface area contributed by atoms with Crippen LogP contribution < -0.4 is 5.01 Å². The Morgan fingerprint density at radius 3 is 2.50 bits per heavy atom. The van der Waals surface area contributed by atoms with Crippen molar-refractivity contribution >= 4 is 28.1 Å². The van der Waals surface area contributed by atoms with Crippen molar-refractivity contribution in [3.8, 4) is 0 Å². The summed E-state index contributed by atoms with van der Waals surface area (Å²) in [5, 5.41) is 10.6. The lowest BCUT2D eigenvalue weighted by molar-refractivity contribution is -0.161. The number of hydrogen-bond donors (Lipinski definition) is 1. The van der Waals surface area contributed by atoms with Crippen LogP contribution in [-0.4, -0.2) is 74.6 Å². The molecule has 2 heterocycles. The zero-order valence-electron chi connectivity index (χ0n) is 11.2. The molecule has 0 bridgehead atoms. The third-order valence-corrected chi connectivity index (χ3v) is 3.76. The summed E-state index contributed by atoms with van der Waals surface area (Å²) in [6.07, 6.45) is 0.971. The number of carbonyl (C=O) groups excluding carboxylic acids is 3. The maximum Gasteiger partial charge on any atom is 0.363 e. The topological polar surface area (TPSA) is 165 Å². The number of nitrogens with zero attached hydrogens (tertiary/aromatic N) is 6. The number of hydrogen-bond acceptors (Lipinski definition) is 9. The molecule has 1 fully saturated rings. The lowest BCUT2D eigenvalue weighted by Crippen LogP contribution is -2.77. The van der Waals surface area contributed by atoms with Crippen molar-refractivity contribution in [2.45, 2.75) is 19.0 Å². The predicted molar refractivity (Wildman–Crippen MR) is 64.7 cm³/mol. The molecule has 1 aliphatic rings. The Hall–Kier alpha value is -2.61. The van der Waals surface area contributed by atoms with Gasteiger partial charge in [0.15, 0.2) is 18.4 Å². The first-order valence-corrected chi connectivity index (χ1v) is 7.01. The fourth-order valence-corrected chi connectivity index (χ4v) is 2.84. The van der Waals surface area contributed by atoms with E-state index in [-0.39, 0.29) is 4.31 Å². The second kappa shape index (κ2) is 5.30. The number of ether oxygens (including phenoxy) is 1. The van der Waals surface area contributed by atoms with Gasteiger partial charge < -0.3 is 4.74 Å². The van der Waals surface area contributed by atoms with Crippen LogP contribution in [0.3, 0.4) is 0 Å². The standard InChI is InChI=1S/C8H10N6O7S/c1-4(15)13(12-3-9-10-11-12)5-6(8(17)21-2)14(7(5)16)22(18,19)20/h3,5-6H,1-2H3,(H,18,19,20). The van der Waals surface area contributed by atoms with E-state index in [2.05, 4.69) is 20.3 Å². The summed E-state index contributed by atoms with van der Waals surface area (Å²) < 4.78 is 35.7. The molecule has 0 saturated carbocycles. The first-order valence-electron chi connectivity index (χ1n) is 5.61. The summed E-state index contributed by atoms with van der Waals surface area (Å²) in [6, 6.07) is -3.32. The molecule has 2 atom stereocenters. The van der Waals surface area contributed by atoms with Gasteiger partial charge in [0.1, 0.15) is 0 Å². The van der Waals surface area contributed by atoms with E-state index in [0.717, 1.165) is 25.2 Å². The maximum atomic E-state index is 12.0. The molecule has 14 heteroatoms. The molecule has 13 nitrogen and oxygen atoms in total. The van der Waals surface area contributed by atoms with Crippen LogP contribution in [0.1, 0.15) is 6.92 Å². The summed E-state index contributed by atoms with van der Waals surface area (Å²) in [6.45, 7) is 1.05. The molecule has 1 aromatic rings. The number of rotatable bonds is 4. The first kappa shape index (κ1) is 15.8. The molecular formula is C8H10N6O7S. The highest BCUT2D eigenvalue weighted by Gasteiger charge is 2.61. The van der Waals surface area contributed by atoms with Crippen LogP contribution in [0.25, 0.3) is 0 Å². The third kappa shape index (κ3) is 2.37. The Morgan fingerprint density at radius 1 is 1.45 bits per heavy atom. The zero-order chi connectivity index (χ0) is 16.7. The number of β-lactam (4-membered cyclic amide) rings is 1. The predicted octanol–water partition coefficient (Wildman–Crippen LogP) is -3.29. The number of amides is 2. The van der Waals surface area contributed by atoms with Gasteiger partial charge in [-0.3, -0.25) is 14.1 Å². The lowest BCUT2D eigenvalue weighted by Gasteiger charge is -2.45. The molecule has 22 heavy (non-hydrogen) atoms. The summed E-state index contributed by atoms with van der Waals surface area (Å²) in [7, 11) is -4.04. The van der Waals surface area contributed by atoms with Gasteiger partial charge in [-0.1, -0.05) is 0 Å². The molecule has 1 aromatic heterocycles. The molecule has 0 radical (unpaired) electrons. The van der Waals surface area contributed by atoms with Crippen molar-refractivity contribution in [2.24, 2.45) is 0 Å². The van der Waals surface area contributed by atoms with Gasteiger partial charge in [-0.15, -0.1) is 9.89 Å². The Morgan fingerprint density at radius 2 is 2.09 bits per heavy atom. The van der Waals surface area contributed by atoms with Crippen LogP contribution in [0.4, 0.5) is 0 Å². The van der Waals surface area contributed by atoms with Crippen molar-refractivity contribution in [3.63, 3.8) is 0 Å². The van der Waals surface area contributed by atoms with Crippen molar-refractivity contribution < 1.29 is 32.1 Å². The molecule has 2 amide bonds. The minimum atomic E-state index is -5.00. The van der Waals surface area contributed by atoms with E-state index in [0.29, 0.717) is 5.01 Å². The van der Waals surface area contributed by atoms with E-state index in [1.165, 1.54) is 0 Å². The molecular weight excluding hydrogens is 324 g/mol. The van der Waals surface area contributed by atoms with Crippen LogP contribution in [0.15, 0.2) is 6.33 Å². The van der Waals surface area contributed by atoms with E-state index < -0.39 is 40.2 Å². The van der Waals surface area contributed by atoms with Crippen LogP contribution in [0.2, 0.25) is 0 Å². The monoisotopic (exact) mass is 334 g/mol. The van der Waals surface area contributed by atoms with E-state index >= 15 is 0 Å². The van der Waals surface area contributed by atoms with Crippen molar-refractivity contribution in [1.29, 1.82) is 0 Å². The Kier molecular flexibility index (Phi) is 3.80. The molecule has 2 unspecified atom stereocenters. The first-order chi connectivity index (χ1) is 10.2. The van der Waals surface area contributed by atoms with Crippen molar-refractivity contribution in [1.82, 2.24) is 24.6 Å². The van der Waals surface area contributed by atoms with Gasteiger partial charge in [-0.05, 0) is 10.4 Å². The van der Waals surface area contributed by atoms with E-state index in [1.807, 2.05) is 0 Å². The Bertz CT molecular complexity index is 715. The van der Waals surface area contributed by atoms with Crippen LogP contribution >= 0.6 is 0 Å². The third-order valence-electron chi connectivity index (χ3n) is 2.86. The van der Waals surface area contributed by atoms with Crippen LogP contribution in [0, 0.1) is 0 Å². The minimum Gasteiger partial charge on any atom is -0.467 e. The molecule has 1 N–H and O–H groups in total. The summed E-state index contributed by atoms with van der Waals surface area (Å²) in [4.78, 5) is 36.2. The largest absolute Gasteiger partial charge is 0.467 e. The Balaban J connectivity index is 2.46. The quantitative estimate of drug-likeness (QED) is 0.335. The Labute approximate surface area is 123 Å². The molecule has 0 aliphatic carbocycles. The van der Waals surface area contributed by atoms with Crippen LogP contribution in [0.5, 0.6) is 0 Å². The van der Waals surface area contributed by atoms with Gasteiger partial charge >= 0.3 is 16.3 Å². The summed E-state index contributed by atoms with van der Waals surface area (Å²) in [5.41, 5.74) is 0. The number of carbonyl (C=O) groups is 3. The van der Waals surface area contributed by atoms with Gasteiger partial charge in [-0.25, -0.2) is 9.80 Å². The average Bonchev–Trinajstić information content (AvgIpc) is 2.92. The SMILES string of the molecule is COC(=O)C1C(N(C(C)=O)n2cnnn2)C(=O)N1S(=O)(=O)O. The van der Waals surface area contributed by atoms with E-state index in [9.17, 15) is 22.8 Å². The number of aromatic nitrogens is 4. The molecule has 2 rings (SSSR count). The number of esters is 1. The summed E-state index contributed by atoms with van der Waals surface area (Å²) >= 11 is 0. The van der Waals surface area contributed by atoms with Crippen molar-refractivity contribution in [3.05, 3.63) is 6.33 Å². The van der Waals surface area contributed by atoms with Crippen LogP contribution in [-0.2, 0) is 29.4 Å². The highest BCUT2D eigenvalue weighted by molar-refractivity contribution is 7.84. The smallest absolute Gasteiger partial charge is 0.363 e. The fourth-order valence-electron chi connectivity index (χ4n) is 2.01. The van der Waals surface area contributed by atoms with Gasteiger partial charge in [-0.2, -0.15) is 12.7 Å². The lowest BCUT2D eigenvalue weighted by atomic mass is 9.98. The average molecular weight is 334 g/mol. The summed E-state index contributed by atoms with van der Waals surface area (Å²) in [5.74, 6) is -3.08. The van der Waals surface area contributed by atoms with Gasteiger partial charge in [0, 0.05) is 6.92 Å². The van der Waals surface area contributed by atoms with Gasteiger partial charge in [0.05, 0.1) is 7.11 Å². The number of methoxy groups -OCH3 is 1. The zero-order valence-corrected chi connectivity index (χ0v) is 12.0. The molecule has 1 saturated heterocycles. The fraction of sp³-hybridized carbons (Fsp3) is 0.500. The number of tetrazole rings is 1. The molecule has 1 aliphatic heterocycles. The highest BCUT2D eigenvalue weighted by atomic mass is 32.2. The maximum absolute atomic E-state index is 12.0. The normalized spacial score (nSPS) is 21.2. The molecule has 120 valence electrons. The second-order valence-electron chi connectivity index (χ2n) is 4.12. The van der Waals surface area contributed by atoms with E-state index in [1.54, 1.807) is 0 Å². The van der Waals surface area contributed by atoms with Crippen molar-refractivity contribution in [2.75, 3.05) is 12.1 Å². The highest BCUT2D eigenvalue weighted by Crippen LogP contribution is 2.28. The molecule has 0 aromatic carbocycles.